The summed E-state index contributed by atoms with van der Waals surface area (Å²) in [6.45, 7) is 5.54. The Bertz CT molecular complexity index is 182. The highest BCUT2D eigenvalue weighted by molar-refractivity contribution is 7.99. The maximum Gasteiger partial charge on any atom is 0.0496 e. The predicted octanol–water partition coefficient (Wildman–Crippen LogP) is 2.27. The van der Waals surface area contributed by atoms with Crippen molar-refractivity contribution in [3.8, 4) is 0 Å². The lowest BCUT2D eigenvalue weighted by atomic mass is 9.88. The van der Waals surface area contributed by atoms with Gasteiger partial charge in [-0.15, -0.1) is 0 Å². The molecule has 15 heavy (non-hydrogen) atoms. The van der Waals surface area contributed by atoms with Gasteiger partial charge in [0.2, 0.25) is 0 Å². The quantitative estimate of drug-likeness (QED) is 0.735. The first-order valence-corrected chi connectivity index (χ1v) is 7.31. The van der Waals surface area contributed by atoms with E-state index < -0.39 is 0 Å². The summed E-state index contributed by atoms with van der Waals surface area (Å²) in [5.41, 5.74) is 0.0611. The second kappa shape index (κ2) is 6.12. The largest absolute Gasteiger partial charge is 0.396 e. The molecule has 0 heterocycles. The maximum atomic E-state index is 9.34. The predicted molar refractivity (Wildman–Crippen MR) is 68.4 cm³/mol. The summed E-state index contributed by atoms with van der Waals surface area (Å²) in [7, 11) is 0. The molecule has 0 spiro atoms. The van der Waals surface area contributed by atoms with Gasteiger partial charge in [-0.3, -0.25) is 0 Å². The van der Waals surface area contributed by atoms with Crippen molar-refractivity contribution in [3.05, 3.63) is 0 Å². The number of hydrogen-bond donors (Lipinski definition) is 2. The summed E-state index contributed by atoms with van der Waals surface area (Å²) in [4.78, 5) is 0. The number of hydrogen-bond acceptors (Lipinski definition) is 3. The highest BCUT2D eigenvalue weighted by Crippen LogP contribution is 2.29. The van der Waals surface area contributed by atoms with E-state index >= 15 is 0 Å². The van der Waals surface area contributed by atoms with Crippen LogP contribution in [0.3, 0.4) is 0 Å². The van der Waals surface area contributed by atoms with E-state index in [1.807, 2.05) is 11.8 Å². The molecule has 1 aliphatic rings. The second-order valence-corrected chi connectivity index (χ2v) is 6.09. The van der Waals surface area contributed by atoms with Gasteiger partial charge in [-0.2, -0.15) is 11.8 Å². The van der Waals surface area contributed by atoms with Crippen LogP contribution >= 0.6 is 11.8 Å². The Morgan fingerprint density at radius 1 is 1.47 bits per heavy atom. The Balaban J connectivity index is 2.35. The molecular weight excluding hydrogens is 206 g/mol. The summed E-state index contributed by atoms with van der Waals surface area (Å²) in [6, 6.07) is 0.664. The van der Waals surface area contributed by atoms with Gasteiger partial charge in [0.15, 0.2) is 0 Å². The third kappa shape index (κ3) is 3.65. The summed E-state index contributed by atoms with van der Waals surface area (Å²) in [6.07, 6.45) is 7.24. The zero-order valence-corrected chi connectivity index (χ0v) is 11.1. The van der Waals surface area contributed by atoms with Crippen molar-refractivity contribution >= 4 is 11.8 Å². The fourth-order valence-electron chi connectivity index (χ4n) is 2.11. The molecule has 3 atom stereocenters. The standard InChI is InChI=1S/C12H25NOS/c1-4-12(2,9-14)8-13-10-6-5-7-11(10)15-3/h10-11,13-14H,4-9H2,1-3H3. The normalized spacial score (nSPS) is 30.4. The van der Waals surface area contributed by atoms with E-state index in [-0.39, 0.29) is 12.0 Å². The van der Waals surface area contributed by atoms with Crippen LogP contribution in [-0.2, 0) is 0 Å². The van der Waals surface area contributed by atoms with Crippen molar-refractivity contribution in [3.63, 3.8) is 0 Å². The minimum Gasteiger partial charge on any atom is -0.396 e. The van der Waals surface area contributed by atoms with Crippen molar-refractivity contribution in [1.29, 1.82) is 0 Å². The third-order valence-corrected chi connectivity index (χ3v) is 4.95. The molecule has 2 nitrogen and oxygen atoms in total. The third-order valence-electron chi connectivity index (χ3n) is 3.78. The Kier molecular flexibility index (Phi) is 5.44. The van der Waals surface area contributed by atoms with Crippen LogP contribution in [0, 0.1) is 5.41 Å². The molecule has 0 aliphatic heterocycles. The summed E-state index contributed by atoms with van der Waals surface area (Å²) >= 11 is 1.98. The van der Waals surface area contributed by atoms with Crippen LogP contribution in [-0.4, -0.2) is 35.8 Å². The number of rotatable bonds is 6. The minimum atomic E-state index is 0.0611. The molecular formula is C12H25NOS. The van der Waals surface area contributed by atoms with Crippen molar-refractivity contribution in [1.82, 2.24) is 5.32 Å². The first kappa shape index (κ1) is 13.3. The van der Waals surface area contributed by atoms with E-state index in [0.717, 1.165) is 18.2 Å². The van der Waals surface area contributed by atoms with E-state index in [4.69, 9.17) is 0 Å². The van der Waals surface area contributed by atoms with Crippen LogP contribution in [0.25, 0.3) is 0 Å². The highest BCUT2D eigenvalue weighted by Gasteiger charge is 2.29. The van der Waals surface area contributed by atoms with Gasteiger partial charge in [-0.05, 0) is 25.5 Å². The zero-order chi connectivity index (χ0) is 11.3. The first-order chi connectivity index (χ1) is 7.15. The molecule has 0 aromatic rings. The van der Waals surface area contributed by atoms with E-state index in [1.165, 1.54) is 19.3 Å². The van der Waals surface area contributed by atoms with Gasteiger partial charge >= 0.3 is 0 Å². The summed E-state index contributed by atoms with van der Waals surface area (Å²) in [5.74, 6) is 0. The molecule has 1 saturated carbocycles. The van der Waals surface area contributed by atoms with Crippen LogP contribution in [0.4, 0.5) is 0 Å². The van der Waals surface area contributed by atoms with Gasteiger partial charge in [0, 0.05) is 29.9 Å². The lowest BCUT2D eigenvalue weighted by Gasteiger charge is -2.29. The lowest BCUT2D eigenvalue weighted by Crippen LogP contribution is -2.42. The van der Waals surface area contributed by atoms with E-state index in [1.54, 1.807) is 0 Å². The monoisotopic (exact) mass is 231 g/mol. The fourth-order valence-corrected chi connectivity index (χ4v) is 3.08. The van der Waals surface area contributed by atoms with Crippen molar-refractivity contribution < 1.29 is 5.11 Å². The Morgan fingerprint density at radius 3 is 2.73 bits per heavy atom. The van der Waals surface area contributed by atoms with Gasteiger partial charge in [0.25, 0.3) is 0 Å². The van der Waals surface area contributed by atoms with Crippen molar-refractivity contribution in [2.24, 2.45) is 5.41 Å². The molecule has 0 saturated heterocycles. The number of thioether (sulfide) groups is 1. The van der Waals surface area contributed by atoms with Crippen LogP contribution in [0.15, 0.2) is 0 Å². The van der Waals surface area contributed by atoms with Gasteiger partial charge in [-0.25, -0.2) is 0 Å². The molecule has 1 aliphatic carbocycles. The SMILES string of the molecule is CCC(C)(CO)CNC1CCCC1SC. The fraction of sp³-hybridized carbons (Fsp3) is 1.00. The maximum absolute atomic E-state index is 9.34. The molecule has 90 valence electrons. The topological polar surface area (TPSA) is 32.3 Å². The number of nitrogens with one attached hydrogen (secondary N) is 1. The molecule has 3 heteroatoms. The molecule has 0 amide bonds. The van der Waals surface area contributed by atoms with Crippen LogP contribution in [0.5, 0.6) is 0 Å². The molecule has 0 bridgehead atoms. The van der Waals surface area contributed by atoms with Crippen LogP contribution in [0.1, 0.15) is 39.5 Å². The van der Waals surface area contributed by atoms with Crippen LogP contribution < -0.4 is 5.32 Å². The molecule has 0 aromatic carbocycles. The minimum absolute atomic E-state index is 0.0611. The summed E-state index contributed by atoms with van der Waals surface area (Å²) < 4.78 is 0. The van der Waals surface area contributed by atoms with Gasteiger partial charge in [0.05, 0.1) is 0 Å². The highest BCUT2D eigenvalue weighted by atomic mass is 32.2. The molecule has 1 rings (SSSR count). The summed E-state index contributed by atoms with van der Waals surface area (Å²) in [5, 5.41) is 13.8. The Labute approximate surface area is 98.2 Å². The van der Waals surface area contributed by atoms with Gasteiger partial charge < -0.3 is 10.4 Å². The van der Waals surface area contributed by atoms with Crippen molar-refractivity contribution in [2.75, 3.05) is 19.4 Å². The van der Waals surface area contributed by atoms with E-state index in [0.29, 0.717) is 6.04 Å². The van der Waals surface area contributed by atoms with Gasteiger partial charge in [0.1, 0.15) is 0 Å². The van der Waals surface area contributed by atoms with Crippen LogP contribution in [0.2, 0.25) is 0 Å². The molecule has 3 unspecified atom stereocenters. The second-order valence-electron chi connectivity index (χ2n) is 5.01. The van der Waals surface area contributed by atoms with E-state index in [9.17, 15) is 5.11 Å². The van der Waals surface area contributed by atoms with E-state index in [2.05, 4.69) is 25.4 Å². The first-order valence-electron chi connectivity index (χ1n) is 6.02. The van der Waals surface area contributed by atoms with Crippen molar-refractivity contribution in [2.45, 2.75) is 50.8 Å². The zero-order valence-electron chi connectivity index (χ0n) is 10.3. The molecule has 0 aromatic heterocycles. The lowest BCUT2D eigenvalue weighted by molar-refractivity contribution is 0.132. The Hall–Kier alpha value is 0.270. The molecule has 2 N–H and O–H groups in total. The molecule has 0 radical (unpaired) electrons. The average molecular weight is 231 g/mol. The number of aliphatic hydroxyl groups excluding tert-OH is 1. The smallest absolute Gasteiger partial charge is 0.0496 e. The van der Waals surface area contributed by atoms with Gasteiger partial charge in [-0.1, -0.05) is 20.3 Å². The number of aliphatic hydroxyl groups is 1. The Morgan fingerprint density at radius 2 is 2.20 bits per heavy atom. The average Bonchev–Trinajstić information content (AvgIpc) is 2.73. The molecule has 1 fully saturated rings.